The molecule has 2 amide bonds. The highest BCUT2D eigenvalue weighted by molar-refractivity contribution is 7.17. The van der Waals surface area contributed by atoms with Gasteiger partial charge in [0.25, 0.3) is 11.8 Å². The number of nitrogens with two attached hydrogens (primary N) is 1. The van der Waals surface area contributed by atoms with Crippen LogP contribution < -0.4 is 15.8 Å². The number of primary amides is 1. The maximum absolute atomic E-state index is 12.3. The zero-order chi connectivity index (χ0) is 18.1. The summed E-state index contributed by atoms with van der Waals surface area (Å²) in [4.78, 5) is 29.5. The third-order valence-corrected chi connectivity index (χ3v) is 5.58. The summed E-state index contributed by atoms with van der Waals surface area (Å²) in [5, 5.41) is 4.23. The number of pyridine rings is 1. The molecule has 3 aromatic rings. The highest BCUT2D eigenvalue weighted by Crippen LogP contribution is 2.38. The van der Waals surface area contributed by atoms with Gasteiger partial charge < -0.3 is 15.8 Å². The summed E-state index contributed by atoms with van der Waals surface area (Å²) in [6.45, 7) is -0.170. The van der Waals surface area contributed by atoms with Gasteiger partial charge in [0, 0.05) is 16.5 Å². The number of aryl methyl sites for hydroxylation is 1. The molecule has 0 radical (unpaired) electrons. The van der Waals surface area contributed by atoms with Crippen LogP contribution in [0.1, 0.15) is 27.2 Å². The lowest BCUT2D eigenvalue weighted by atomic mass is 10.1. The number of ether oxygens (including phenoxy) is 1. The SMILES string of the molecule is NC(=O)c1c(NC(=O)COc2cccc3cccnc23)sc2c1CCC2. The molecule has 0 saturated heterocycles. The van der Waals surface area contributed by atoms with E-state index in [2.05, 4.69) is 10.3 Å². The fourth-order valence-electron chi connectivity index (χ4n) is 3.25. The van der Waals surface area contributed by atoms with Crippen molar-refractivity contribution >= 4 is 39.1 Å². The van der Waals surface area contributed by atoms with Crippen LogP contribution in [-0.4, -0.2) is 23.4 Å². The van der Waals surface area contributed by atoms with Gasteiger partial charge >= 0.3 is 0 Å². The average Bonchev–Trinajstić information content (AvgIpc) is 3.20. The van der Waals surface area contributed by atoms with Gasteiger partial charge in [0.15, 0.2) is 6.61 Å². The summed E-state index contributed by atoms with van der Waals surface area (Å²) in [5.74, 6) is -0.290. The molecule has 132 valence electrons. The molecule has 7 heteroatoms. The van der Waals surface area contributed by atoms with E-state index in [1.54, 1.807) is 12.3 Å². The van der Waals surface area contributed by atoms with Crippen LogP contribution in [0.3, 0.4) is 0 Å². The number of aromatic nitrogens is 1. The minimum atomic E-state index is -0.501. The van der Waals surface area contributed by atoms with Crippen molar-refractivity contribution in [1.29, 1.82) is 0 Å². The lowest BCUT2D eigenvalue weighted by Gasteiger charge is -2.09. The Kier molecular flexibility index (Phi) is 4.30. The predicted molar refractivity (Wildman–Crippen MR) is 101 cm³/mol. The molecule has 0 spiro atoms. The first-order valence-corrected chi connectivity index (χ1v) is 9.16. The highest BCUT2D eigenvalue weighted by atomic mass is 32.1. The van der Waals surface area contributed by atoms with E-state index in [1.807, 2.05) is 24.3 Å². The number of para-hydroxylation sites is 1. The molecule has 26 heavy (non-hydrogen) atoms. The zero-order valence-electron chi connectivity index (χ0n) is 14.0. The van der Waals surface area contributed by atoms with Crippen LogP contribution >= 0.6 is 11.3 Å². The Morgan fingerprint density at radius 1 is 1.23 bits per heavy atom. The van der Waals surface area contributed by atoms with Crippen LogP contribution in [-0.2, 0) is 17.6 Å². The smallest absolute Gasteiger partial charge is 0.262 e. The number of benzene rings is 1. The van der Waals surface area contributed by atoms with Crippen molar-refractivity contribution in [3.8, 4) is 5.75 Å². The number of carbonyl (C=O) groups excluding carboxylic acids is 2. The number of nitrogens with one attached hydrogen (secondary N) is 1. The largest absolute Gasteiger partial charge is 0.481 e. The molecule has 0 saturated carbocycles. The van der Waals surface area contributed by atoms with Crippen LogP contribution in [0.2, 0.25) is 0 Å². The average molecular weight is 367 g/mol. The molecule has 0 aliphatic heterocycles. The predicted octanol–water partition coefficient (Wildman–Crippen LogP) is 2.90. The number of anilines is 1. The molecular formula is C19H17N3O3S. The van der Waals surface area contributed by atoms with Crippen LogP contribution in [0.5, 0.6) is 5.75 Å². The standard InChI is InChI=1S/C19H17N3O3S/c20-18(24)16-12-6-2-8-14(12)26-19(16)22-15(23)10-25-13-7-1-4-11-5-3-9-21-17(11)13/h1,3-5,7,9H,2,6,8,10H2,(H2,20,24)(H,22,23). The molecule has 1 aliphatic carbocycles. The van der Waals surface area contributed by atoms with Gasteiger partial charge in [-0.25, -0.2) is 0 Å². The van der Waals surface area contributed by atoms with Crippen LogP contribution in [0.4, 0.5) is 5.00 Å². The van der Waals surface area contributed by atoms with E-state index < -0.39 is 5.91 Å². The van der Waals surface area contributed by atoms with Gasteiger partial charge in [-0.2, -0.15) is 0 Å². The Morgan fingerprint density at radius 2 is 2.08 bits per heavy atom. The lowest BCUT2D eigenvalue weighted by Crippen LogP contribution is -2.22. The third kappa shape index (κ3) is 3.01. The molecule has 1 aromatic carbocycles. The second-order valence-electron chi connectivity index (χ2n) is 6.09. The summed E-state index contributed by atoms with van der Waals surface area (Å²) < 4.78 is 5.64. The van der Waals surface area contributed by atoms with E-state index >= 15 is 0 Å². The van der Waals surface area contributed by atoms with E-state index in [9.17, 15) is 9.59 Å². The Hall–Kier alpha value is -2.93. The number of rotatable bonds is 5. The first-order chi connectivity index (χ1) is 12.6. The first-order valence-electron chi connectivity index (χ1n) is 8.34. The topological polar surface area (TPSA) is 94.3 Å². The molecule has 3 N–H and O–H groups in total. The zero-order valence-corrected chi connectivity index (χ0v) is 14.8. The molecule has 4 rings (SSSR count). The van der Waals surface area contributed by atoms with Crippen LogP contribution in [0.25, 0.3) is 10.9 Å². The van der Waals surface area contributed by atoms with Gasteiger partial charge in [-0.15, -0.1) is 11.3 Å². The van der Waals surface area contributed by atoms with Crippen molar-refractivity contribution in [2.45, 2.75) is 19.3 Å². The Morgan fingerprint density at radius 3 is 2.92 bits per heavy atom. The highest BCUT2D eigenvalue weighted by Gasteiger charge is 2.26. The van der Waals surface area contributed by atoms with Gasteiger partial charge in [0.2, 0.25) is 0 Å². The number of fused-ring (bicyclic) bond motifs is 2. The number of carbonyl (C=O) groups is 2. The van der Waals surface area contributed by atoms with Crippen molar-refractivity contribution in [2.24, 2.45) is 5.73 Å². The molecule has 1 aliphatic rings. The number of thiophene rings is 1. The fourth-order valence-corrected chi connectivity index (χ4v) is 4.56. The normalized spacial score (nSPS) is 12.8. The molecule has 0 unspecified atom stereocenters. The number of hydrogen-bond acceptors (Lipinski definition) is 5. The Bertz CT molecular complexity index is 1010. The van der Waals surface area contributed by atoms with Crippen molar-refractivity contribution in [1.82, 2.24) is 4.98 Å². The number of amides is 2. The van der Waals surface area contributed by atoms with Crippen molar-refractivity contribution < 1.29 is 14.3 Å². The lowest BCUT2D eigenvalue weighted by molar-refractivity contribution is -0.118. The molecule has 0 fully saturated rings. The summed E-state index contributed by atoms with van der Waals surface area (Å²) in [5.41, 5.74) is 7.65. The van der Waals surface area contributed by atoms with Gasteiger partial charge in [-0.05, 0) is 37.0 Å². The second-order valence-corrected chi connectivity index (χ2v) is 7.20. The van der Waals surface area contributed by atoms with E-state index in [-0.39, 0.29) is 12.5 Å². The minimum Gasteiger partial charge on any atom is -0.481 e. The van der Waals surface area contributed by atoms with E-state index in [1.165, 1.54) is 11.3 Å². The Balaban J connectivity index is 1.49. The number of nitrogens with zero attached hydrogens (tertiary/aromatic N) is 1. The first kappa shape index (κ1) is 16.5. The quantitative estimate of drug-likeness (QED) is 0.725. The molecule has 0 atom stereocenters. The maximum Gasteiger partial charge on any atom is 0.262 e. The van der Waals surface area contributed by atoms with E-state index in [0.29, 0.717) is 21.8 Å². The monoisotopic (exact) mass is 367 g/mol. The fraction of sp³-hybridized carbons (Fsp3) is 0.211. The van der Waals surface area contributed by atoms with E-state index in [0.717, 1.165) is 35.1 Å². The molecule has 6 nitrogen and oxygen atoms in total. The summed E-state index contributed by atoms with van der Waals surface area (Å²) in [7, 11) is 0. The van der Waals surface area contributed by atoms with Gasteiger partial charge in [0.1, 0.15) is 16.3 Å². The van der Waals surface area contributed by atoms with Crippen LogP contribution in [0.15, 0.2) is 36.5 Å². The summed E-state index contributed by atoms with van der Waals surface area (Å²) in [6, 6.07) is 9.34. The Labute approximate surface area is 154 Å². The maximum atomic E-state index is 12.3. The summed E-state index contributed by atoms with van der Waals surface area (Å²) >= 11 is 1.43. The van der Waals surface area contributed by atoms with Crippen LogP contribution in [0, 0.1) is 0 Å². The molecular weight excluding hydrogens is 350 g/mol. The summed E-state index contributed by atoms with van der Waals surface area (Å²) in [6.07, 6.45) is 4.46. The van der Waals surface area contributed by atoms with Gasteiger partial charge in [-0.3, -0.25) is 14.6 Å². The van der Waals surface area contributed by atoms with E-state index in [4.69, 9.17) is 10.5 Å². The molecule has 2 aromatic heterocycles. The number of hydrogen-bond donors (Lipinski definition) is 2. The minimum absolute atomic E-state index is 0.170. The second kappa shape index (κ2) is 6.76. The molecule has 2 heterocycles. The third-order valence-electron chi connectivity index (χ3n) is 4.38. The van der Waals surface area contributed by atoms with Crippen molar-refractivity contribution in [2.75, 3.05) is 11.9 Å². The van der Waals surface area contributed by atoms with Gasteiger partial charge in [0.05, 0.1) is 5.56 Å². The van der Waals surface area contributed by atoms with Crippen molar-refractivity contribution in [3.63, 3.8) is 0 Å². The van der Waals surface area contributed by atoms with Crippen molar-refractivity contribution in [3.05, 3.63) is 52.5 Å². The molecule has 0 bridgehead atoms. The van der Waals surface area contributed by atoms with Gasteiger partial charge in [-0.1, -0.05) is 18.2 Å².